The van der Waals surface area contributed by atoms with E-state index in [1.165, 1.54) is 0 Å². The Bertz CT molecular complexity index is 609. The summed E-state index contributed by atoms with van der Waals surface area (Å²) in [6, 6.07) is 16.6. The van der Waals surface area contributed by atoms with Gasteiger partial charge in [0.2, 0.25) is 0 Å². The Morgan fingerprint density at radius 1 is 0.950 bits per heavy atom. The summed E-state index contributed by atoms with van der Waals surface area (Å²) < 4.78 is 0. The molecule has 2 aromatic rings. The number of hydrogen-bond donors (Lipinski definition) is 2. The predicted molar refractivity (Wildman–Crippen MR) is 74.7 cm³/mol. The highest BCUT2D eigenvalue weighted by atomic mass is 16.4. The second kappa shape index (κ2) is 5.99. The molecule has 0 fully saturated rings. The van der Waals surface area contributed by atoms with Crippen LogP contribution in [-0.2, 0) is 4.79 Å². The van der Waals surface area contributed by atoms with Crippen LogP contribution >= 0.6 is 0 Å². The van der Waals surface area contributed by atoms with Crippen molar-refractivity contribution in [2.24, 2.45) is 5.84 Å². The lowest BCUT2D eigenvalue weighted by Crippen LogP contribution is -2.41. The minimum atomic E-state index is -1.15. The highest BCUT2D eigenvalue weighted by Crippen LogP contribution is 2.19. The van der Waals surface area contributed by atoms with Crippen LogP contribution in [0, 0.1) is 0 Å². The third-order valence-corrected chi connectivity index (χ3v) is 2.81. The minimum absolute atomic E-state index is 0.355. The van der Waals surface area contributed by atoms with Gasteiger partial charge >= 0.3 is 5.97 Å². The van der Waals surface area contributed by atoms with Crippen LogP contribution in [0.1, 0.15) is 10.4 Å². The predicted octanol–water partition coefficient (Wildman–Crippen LogP) is 1.75. The molecular weight excluding hydrogens is 256 g/mol. The Morgan fingerprint density at radius 2 is 1.50 bits per heavy atom. The molecule has 0 radical (unpaired) electrons. The molecule has 0 unspecified atom stereocenters. The zero-order valence-electron chi connectivity index (χ0n) is 10.7. The number of carbonyl (C=O) groups excluding carboxylic acids is 1. The van der Waals surface area contributed by atoms with Gasteiger partial charge in [0, 0.05) is 5.56 Å². The minimum Gasteiger partial charge on any atom is -0.480 e. The number of carboxylic acid groups (broad SMARTS) is 1. The fourth-order valence-corrected chi connectivity index (χ4v) is 1.82. The quantitative estimate of drug-likeness (QED) is 0.503. The van der Waals surface area contributed by atoms with Crippen LogP contribution in [0.4, 0.5) is 0 Å². The first-order valence-electron chi connectivity index (χ1n) is 6.02. The first-order valence-corrected chi connectivity index (χ1v) is 6.02. The first kappa shape index (κ1) is 13.8. The fraction of sp³-hybridized carbons (Fsp3) is 0.0667. The molecule has 0 aliphatic carbocycles. The van der Waals surface area contributed by atoms with Crippen LogP contribution in [0.3, 0.4) is 0 Å². The maximum absolute atomic E-state index is 11.9. The van der Waals surface area contributed by atoms with Crippen molar-refractivity contribution >= 4 is 11.9 Å². The van der Waals surface area contributed by atoms with Gasteiger partial charge in [0.05, 0.1) is 0 Å². The number of hydrazine groups is 1. The number of nitrogens with two attached hydrogens (primary N) is 1. The summed E-state index contributed by atoms with van der Waals surface area (Å²) in [6.07, 6.45) is 0. The second-order valence-corrected chi connectivity index (χ2v) is 4.27. The van der Waals surface area contributed by atoms with Gasteiger partial charge in [-0.15, -0.1) is 0 Å². The van der Waals surface area contributed by atoms with E-state index in [1.807, 2.05) is 30.3 Å². The van der Waals surface area contributed by atoms with Crippen molar-refractivity contribution in [2.45, 2.75) is 0 Å². The highest BCUT2D eigenvalue weighted by Gasteiger charge is 2.14. The zero-order valence-corrected chi connectivity index (χ0v) is 10.7. The number of nitrogens with zero attached hydrogens (tertiary/aromatic N) is 1. The topological polar surface area (TPSA) is 83.6 Å². The van der Waals surface area contributed by atoms with Gasteiger partial charge in [-0.2, -0.15) is 0 Å². The highest BCUT2D eigenvalue weighted by molar-refractivity contribution is 5.95. The Hall–Kier alpha value is -2.66. The molecule has 0 aliphatic heterocycles. The molecule has 0 aromatic heterocycles. The number of carboxylic acids is 1. The van der Waals surface area contributed by atoms with Gasteiger partial charge in [0.1, 0.15) is 6.54 Å². The number of benzene rings is 2. The van der Waals surface area contributed by atoms with Crippen molar-refractivity contribution in [2.75, 3.05) is 6.54 Å². The van der Waals surface area contributed by atoms with E-state index in [-0.39, 0.29) is 0 Å². The van der Waals surface area contributed by atoms with Gasteiger partial charge < -0.3 is 5.11 Å². The van der Waals surface area contributed by atoms with Crippen LogP contribution in [0.5, 0.6) is 0 Å². The molecule has 0 aliphatic rings. The molecule has 20 heavy (non-hydrogen) atoms. The molecule has 0 spiro atoms. The zero-order chi connectivity index (χ0) is 14.5. The van der Waals surface area contributed by atoms with Crippen molar-refractivity contribution in [3.8, 4) is 11.1 Å². The van der Waals surface area contributed by atoms with E-state index in [9.17, 15) is 9.59 Å². The normalized spacial score (nSPS) is 10.1. The van der Waals surface area contributed by atoms with Crippen molar-refractivity contribution < 1.29 is 14.7 Å². The molecular formula is C15H14N2O3. The summed E-state index contributed by atoms with van der Waals surface area (Å²) in [7, 11) is 0. The lowest BCUT2D eigenvalue weighted by atomic mass is 10.0. The molecule has 0 saturated heterocycles. The van der Waals surface area contributed by atoms with Gasteiger partial charge in [-0.05, 0) is 23.3 Å². The number of hydrogen-bond acceptors (Lipinski definition) is 3. The molecule has 102 valence electrons. The van der Waals surface area contributed by atoms with Crippen LogP contribution in [0.15, 0.2) is 54.6 Å². The third-order valence-electron chi connectivity index (χ3n) is 2.81. The van der Waals surface area contributed by atoms with Gasteiger partial charge in [-0.3, -0.25) is 14.6 Å². The molecule has 3 N–H and O–H groups in total. The Balaban J connectivity index is 2.16. The van der Waals surface area contributed by atoms with E-state index >= 15 is 0 Å². The summed E-state index contributed by atoms with van der Waals surface area (Å²) in [5, 5.41) is 9.28. The van der Waals surface area contributed by atoms with Crippen LogP contribution in [0.2, 0.25) is 0 Å². The molecule has 2 rings (SSSR count). The van der Waals surface area contributed by atoms with Gasteiger partial charge in [-0.1, -0.05) is 42.5 Å². The molecule has 0 atom stereocenters. The first-order chi connectivity index (χ1) is 9.58. The van der Waals surface area contributed by atoms with Gasteiger partial charge in [0.15, 0.2) is 0 Å². The van der Waals surface area contributed by atoms with E-state index in [4.69, 9.17) is 10.9 Å². The van der Waals surface area contributed by atoms with Crippen molar-refractivity contribution in [1.29, 1.82) is 0 Å². The third kappa shape index (κ3) is 3.21. The Labute approximate surface area is 116 Å². The van der Waals surface area contributed by atoms with E-state index in [1.54, 1.807) is 24.3 Å². The Kier molecular flexibility index (Phi) is 4.12. The fourth-order valence-electron chi connectivity index (χ4n) is 1.82. The molecule has 2 aromatic carbocycles. The average molecular weight is 270 g/mol. The number of carbonyl (C=O) groups is 2. The number of amides is 1. The molecule has 5 heteroatoms. The van der Waals surface area contributed by atoms with Crippen LogP contribution < -0.4 is 5.84 Å². The summed E-state index contributed by atoms with van der Waals surface area (Å²) in [5.74, 6) is 3.73. The largest absolute Gasteiger partial charge is 0.480 e. The van der Waals surface area contributed by atoms with Crippen LogP contribution in [-0.4, -0.2) is 28.5 Å². The maximum atomic E-state index is 11.9. The summed E-state index contributed by atoms with van der Waals surface area (Å²) in [6.45, 7) is -0.529. The molecule has 1 amide bonds. The summed E-state index contributed by atoms with van der Waals surface area (Å²) >= 11 is 0. The van der Waals surface area contributed by atoms with Gasteiger partial charge in [0.25, 0.3) is 5.91 Å². The Morgan fingerprint density at radius 3 is 2.05 bits per heavy atom. The van der Waals surface area contributed by atoms with Gasteiger partial charge in [-0.25, -0.2) is 5.84 Å². The average Bonchev–Trinajstić information content (AvgIpc) is 2.47. The standard InChI is InChI=1S/C15H14N2O3/c16-17(10-14(18)19)15(20)13-8-6-12(7-9-13)11-4-2-1-3-5-11/h1-9H,10,16H2,(H,18,19). The monoisotopic (exact) mass is 270 g/mol. The number of aliphatic carboxylic acids is 1. The van der Waals surface area contributed by atoms with E-state index in [0.29, 0.717) is 10.6 Å². The van der Waals surface area contributed by atoms with Crippen LogP contribution in [0.25, 0.3) is 11.1 Å². The summed E-state index contributed by atoms with van der Waals surface area (Å²) in [4.78, 5) is 22.4. The SMILES string of the molecule is NN(CC(=O)O)C(=O)c1ccc(-c2ccccc2)cc1. The molecule has 0 bridgehead atoms. The second-order valence-electron chi connectivity index (χ2n) is 4.27. The maximum Gasteiger partial charge on any atom is 0.324 e. The van der Waals surface area contributed by atoms with Crippen molar-refractivity contribution in [3.63, 3.8) is 0 Å². The lowest BCUT2D eigenvalue weighted by Gasteiger charge is -2.14. The molecule has 5 nitrogen and oxygen atoms in total. The summed E-state index contributed by atoms with van der Waals surface area (Å²) in [5.41, 5.74) is 2.37. The van der Waals surface area contributed by atoms with Crippen molar-refractivity contribution in [1.82, 2.24) is 5.01 Å². The molecule has 0 saturated carbocycles. The number of rotatable bonds is 4. The van der Waals surface area contributed by atoms with E-state index in [0.717, 1.165) is 11.1 Å². The molecule has 0 heterocycles. The van der Waals surface area contributed by atoms with E-state index in [2.05, 4.69) is 0 Å². The van der Waals surface area contributed by atoms with Crippen molar-refractivity contribution in [3.05, 3.63) is 60.2 Å². The smallest absolute Gasteiger partial charge is 0.324 e. The van der Waals surface area contributed by atoms with E-state index < -0.39 is 18.4 Å². The lowest BCUT2D eigenvalue weighted by molar-refractivity contribution is -0.137.